The number of rotatable bonds is 7. The van der Waals surface area contributed by atoms with E-state index in [0.29, 0.717) is 12.0 Å². The Balaban J connectivity index is 2.50. The first kappa shape index (κ1) is 16.4. The Bertz CT molecular complexity index is 556. The number of hydrogen-bond acceptors (Lipinski definition) is 3. The van der Waals surface area contributed by atoms with Gasteiger partial charge in [-0.05, 0) is 30.2 Å². The van der Waals surface area contributed by atoms with Crippen molar-refractivity contribution < 1.29 is 14.7 Å². The number of hydrogen-bond donors (Lipinski definition) is 2. The van der Waals surface area contributed by atoms with E-state index in [2.05, 4.69) is 5.32 Å². The number of carboxylic acids is 1. The van der Waals surface area contributed by atoms with Crippen LogP contribution < -0.4 is 5.32 Å². The first-order valence-corrected chi connectivity index (χ1v) is 6.75. The lowest BCUT2D eigenvalue weighted by Crippen LogP contribution is -2.31. The van der Waals surface area contributed by atoms with Crippen LogP contribution >= 0.6 is 0 Å². The largest absolute Gasteiger partial charge is 0.481 e. The van der Waals surface area contributed by atoms with E-state index in [9.17, 15) is 9.59 Å². The molecule has 1 atom stereocenters. The average molecular weight is 286 g/mol. The van der Waals surface area contributed by atoms with Gasteiger partial charge in [-0.3, -0.25) is 9.59 Å². The van der Waals surface area contributed by atoms with Gasteiger partial charge in [0.15, 0.2) is 0 Å². The average Bonchev–Trinajstić information content (AvgIpc) is 2.49. The van der Waals surface area contributed by atoms with Crippen LogP contribution in [0.4, 0.5) is 0 Å². The predicted octanol–water partition coefficient (Wildman–Crippen LogP) is 2.19. The van der Waals surface area contributed by atoms with Crippen LogP contribution in [0.25, 0.3) is 6.08 Å². The Morgan fingerprint density at radius 3 is 2.57 bits per heavy atom. The van der Waals surface area contributed by atoms with E-state index in [-0.39, 0.29) is 12.5 Å². The van der Waals surface area contributed by atoms with Crippen molar-refractivity contribution in [2.45, 2.75) is 19.8 Å². The molecule has 0 spiro atoms. The highest BCUT2D eigenvalue weighted by atomic mass is 16.4. The van der Waals surface area contributed by atoms with Crippen LogP contribution in [0, 0.1) is 17.2 Å². The molecule has 21 heavy (non-hydrogen) atoms. The molecule has 0 fully saturated rings. The summed E-state index contributed by atoms with van der Waals surface area (Å²) in [6.07, 6.45) is 4.27. The summed E-state index contributed by atoms with van der Waals surface area (Å²) in [6.45, 7) is 2.03. The molecule has 0 aliphatic carbocycles. The third-order valence-electron chi connectivity index (χ3n) is 2.98. The molecule has 0 saturated heterocycles. The molecule has 0 aliphatic rings. The molecule has 5 nitrogen and oxygen atoms in total. The van der Waals surface area contributed by atoms with Crippen molar-refractivity contribution in [1.82, 2.24) is 5.32 Å². The quantitative estimate of drug-likeness (QED) is 0.752. The summed E-state index contributed by atoms with van der Waals surface area (Å²) in [6, 6.07) is 8.82. The fourth-order valence-corrected chi connectivity index (χ4v) is 1.78. The highest BCUT2D eigenvalue weighted by Gasteiger charge is 2.16. The van der Waals surface area contributed by atoms with Gasteiger partial charge in [0, 0.05) is 12.6 Å². The number of nitrogens with one attached hydrogen (secondary N) is 1. The number of aliphatic carboxylic acids is 1. The van der Waals surface area contributed by atoms with Gasteiger partial charge in [0.2, 0.25) is 5.91 Å². The van der Waals surface area contributed by atoms with Gasteiger partial charge in [-0.2, -0.15) is 5.26 Å². The number of carbonyl (C=O) groups excluding carboxylic acids is 1. The van der Waals surface area contributed by atoms with E-state index >= 15 is 0 Å². The summed E-state index contributed by atoms with van der Waals surface area (Å²) in [5.41, 5.74) is 1.35. The summed E-state index contributed by atoms with van der Waals surface area (Å²) in [5, 5.41) is 20.2. The number of nitriles is 1. The zero-order chi connectivity index (χ0) is 15.7. The van der Waals surface area contributed by atoms with E-state index in [4.69, 9.17) is 10.4 Å². The van der Waals surface area contributed by atoms with E-state index in [1.54, 1.807) is 30.3 Å². The molecule has 0 saturated carbocycles. The number of amides is 1. The minimum absolute atomic E-state index is 0.125. The van der Waals surface area contributed by atoms with Gasteiger partial charge in [-0.1, -0.05) is 25.5 Å². The molecule has 0 radical (unpaired) electrons. The van der Waals surface area contributed by atoms with Crippen LogP contribution in [-0.2, 0) is 9.59 Å². The molecular weight excluding hydrogens is 268 g/mol. The fraction of sp³-hybridized carbons (Fsp3) is 0.312. The van der Waals surface area contributed by atoms with Crippen molar-refractivity contribution in [1.29, 1.82) is 5.26 Å². The van der Waals surface area contributed by atoms with Gasteiger partial charge >= 0.3 is 5.97 Å². The van der Waals surface area contributed by atoms with Crippen LogP contribution in [-0.4, -0.2) is 23.5 Å². The first-order valence-electron chi connectivity index (χ1n) is 6.75. The lowest BCUT2D eigenvalue weighted by Gasteiger charge is -2.10. The van der Waals surface area contributed by atoms with Crippen molar-refractivity contribution in [2.24, 2.45) is 5.92 Å². The molecule has 1 rings (SSSR count). The van der Waals surface area contributed by atoms with Crippen LogP contribution in [0.3, 0.4) is 0 Å². The third kappa shape index (κ3) is 5.91. The van der Waals surface area contributed by atoms with E-state index in [1.165, 1.54) is 6.08 Å². The second-order valence-electron chi connectivity index (χ2n) is 4.64. The summed E-state index contributed by atoms with van der Waals surface area (Å²) in [7, 11) is 0. The molecule has 1 unspecified atom stereocenters. The molecular formula is C16H18N2O3. The Morgan fingerprint density at radius 2 is 2.05 bits per heavy atom. The Labute approximate surface area is 123 Å². The number of benzene rings is 1. The van der Waals surface area contributed by atoms with E-state index in [1.807, 2.05) is 13.0 Å². The molecule has 1 aromatic rings. The van der Waals surface area contributed by atoms with Crippen LogP contribution in [0.5, 0.6) is 0 Å². The smallest absolute Gasteiger partial charge is 0.308 e. The third-order valence-corrected chi connectivity index (χ3v) is 2.98. The molecule has 0 bridgehead atoms. The number of carboxylic acid groups (broad SMARTS) is 1. The minimum atomic E-state index is -0.895. The molecule has 0 aliphatic heterocycles. The maximum Gasteiger partial charge on any atom is 0.308 e. The molecule has 5 heteroatoms. The highest BCUT2D eigenvalue weighted by molar-refractivity contribution is 5.91. The van der Waals surface area contributed by atoms with Gasteiger partial charge in [0.05, 0.1) is 17.6 Å². The van der Waals surface area contributed by atoms with E-state index in [0.717, 1.165) is 12.0 Å². The summed E-state index contributed by atoms with van der Waals surface area (Å²) in [5.74, 6) is -1.78. The maximum atomic E-state index is 11.6. The molecule has 0 aromatic heterocycles. The monoisotopic (exact) mass is 286 g/mol. The lowest BCUT2D eigenvalue weighted by molar-refractivity contribution is -0.141. The zero-order valence-corrected chi connectivity index (χ0v) is 11.9. The minimum Gasteiger partial charge on any atom is -0.481 e. The van der Waals surface area contributed by atoms with Gasteiger partial charge in [0.1, 0.15) is 0 Å². The Morgan fingerprint density at radius 1 is 1.38 bits per heavy atom. The normalized spacial score (nSPS) is 11.8. The predicted molar refractivity (Wildman–Crippen MR) is 79.2 cm³/mol. The number of carbonyl (C=O) groups is 2. The summed E-state index contributed by atoms with van der Waals surface area (Å²) >= 11 is 0. The van der Waals surface area contributed by atoms with Crippen molar-refractivity contribution >= 4 is 18.0 Å². The Hall–Kier alpha value is -2.61. The fourth-order valence-electron chi connectivity index (χ4n) is 1.78. The molecule has 1 amide bonds. The molecule has 0 heterocycles. The van der Waals surface area contributed by atoms with E-state index < -0.39 is 11.9 Å². The van der Waals surface area contributed by atoms with Crippen molar-refractivity contribution in [2.75, 3.05) is 6.54 Å². The number of nitrogens with zero attached hydrogens (tertiary/aromatic N) is 1. The highest BCUT2D eigenvalue weighted by Crippen LogP contribution is 2.06. The van der Waals surface area contributed by atoms with Crippen LogP contribution in [0.2, 0.25) is 0 Å². The van der Waals surface area contributed by atoms with Crippen LogP contribution in [0.1, 0.15) is 30.9 Å². The molecule has 110 valence electrons. The SMILES string of the molecule is CCCC(CNC(=O)C=Cc1ccc(C#N)cc1)C(=O)O. The van der Waals surface area contributed by atoms with Crippen molar-refractivity contribution in [3.63, 3.8) is 0 Å². The zero-order valence-electron chi connectivity index (χ0n) is 11.9. The topological polar surface area (TPSA) is 90.2 Å². The van der Waals surface area contributed by atoms with Crippen molar-refractivity contribution in [3.8, 4) is 6.07 Å². The van der Waals surface area contributed by atoms with Gasteiger partial charge < -0.3 is 10.4 Å². The second kappa shape index (κ2) is 8.54. The lowest BCUT2D eigenvalue weighted by atomic mass is 10.0. The Kier molecular flexibility index (Phi) is 6.69. The molecule has 2 N–H and O–H groups in total. The van der Waals surface area contributed by atoms with Gasteiger partial charge in [-0.25, -0.2) is 0 Å². The standard InChI is InChI=1S/C16H18N2O3/c1-2-3-14(16(20)21)11-18-15(19)9-8-12-4-6-13(10-17)7-5-12/h4-9,14H,2-3,11H2,1H3,(H,18,19)(H,20,21). The maximum absolute atomic E-state index is 11.6. The van der Waals surface area contributed by atoms with Crippen molar-refractivity contribution in [3.05, 3.63) is 41.5 Å². The molecule has 1 aromatic carbocycles. The van der Waals surface area contributed by atoms with Crippen LogP contribution in [0.15, 0.2) is 30.3 Å². The van der Waals surface area contributed by atoms with Gasteiger partial charge in [0.25, 0.3) is 0 Å². The summed E-state index contributed by atoms with van der Waals surface area (Å²) in [4.78, 5) is 22.6. The second-order valence-corrected chi connectivity index (χ2v) is 4.64. The van der Waals surface area contributed by atoms with Gasteiger partial charge in [-0.15, -0.1) is 0 Å². The first-order chi connectivity index (χ1) is 10.1. The summed E-state index contributed by atoms with van der Waals surface area (Å²) < 4.78 is 0.